The van der Waals surface area contributed by atoms with E-state index in [1.165, 1.54) is 22.2 Å². The monoisotopic (exact) mass is 292 g/mol. The minimum absolute atomic E-state index is 0.803. The molecule has 1 aliphatic heterocycles. The summed E-state index contributed by atoms with van der Waals surface area (Å²) >= 11 is 7.47. The van der Waals surface area contributed by atoms with Crippen LogP contribution in [0.3, 0.4) is 0 Å². The number of ether oxygens (including phenoxy) is 1. The van der Waals surface area contributed by atoms with Crippen molar-refractivity contribution < 1.29 is 4.74 Å². The normalized spacial score (nSPS) is 18.6. The van der Waals surface area contributed by atoms with Gasteiger partial charge in [0.05, 0.1) is 0 Å². The van der Waals surface area contributed by atoms with Gasteiger partial charge in [0.15, 0.2) is 0 Å². The number of halogens is 1. The third kappa shape index (κ3) is 2.99. The molecule has 1 saturated heterocycles. The van der Waals surface area contributed by atoms with Crippen molar-refractivity contribution in [2.75, 3.05) is 13.2 Å². The SMILES string of the molecule is Brc1ccsc1CSC1CCOCC1. The molecule has 14 heavy (non-hydrogen) atoms. The standard InChI is InChI=1S/C10H13BrOS2/c11-9-3-6-13-10(9)7-14-8-1-4-12-5-2-8/h3,6,8H,1-2,4-5,7H2. The van der Waals surface area contributed by atoms with Crippen LogP contribution in [-0.2, 0) is 10.5 Å². The van der Waals surface area contributed by atoms with Crippen LogP contribution >= 0.6 is 39.0 Å². The molecule has 4 heteroatoms. The maximum Gasteiger partial charge on any atom is 0.0476 e. The molecule has 0 N–H and O–H groups in total. The second-order valence-corrected chi connectivity index (χ2v) is 6.46. The van der Waals surface area contributed by atoms with Crippen molar-refractivity contribution in [3.63, 3.8) is 0 Å². The lowest BCUT2D eigenvalue weighted by Gasteiger charge is -2.21. The zero-order valence-electron chi connectivity index (χ0n) is 7.87. The van der Waals surface area contributed by atoms with E-state index >= 15 is 0 Å². The van der Waals surface area contributed by atoms with Crippen LogP contribution in [0.15, 0.2) is 15.9 Å². The molecule has 0 radical (unpaired) electrons. The fourth-order valence-electron chi connectivity index (χ4n) is 1.46. The first-order chi connectivity index (χ1) is 6.86. The summed E-state index contributed by atoms with van der Waals surface area (Å²) in [6.45, 7) is 1.90. The Kier molecular flexibility index (Phi) is 4.35. The summed E-state index contributed by atoms with van der Waals surface area (Å²) in [5.41, 5.74) is 0. The fourth-order valence-corrected chi connectivity index (χ4v) is 4.47. The van der Waals surface area contributed by atoms with Crippen LogP contribution in [0.2, 0.25) is 0 Å². The maximum atomic E-state index is 5.34. The molecule has 78 valence electrons. The van der Waals surface area contributed by atoms with Crippen LogP contribution in [-0.4, -0.2) is 18.5 Å². The summed E-state index contributed by atoms with van der Waals surface area (Å²) in [7, 11) is 0. The van der Waals surface area contributed by atoms with Crippen LogP contribution in [0, 0.1) is 0 Å². The molecule has 1 aromatic rings. The third-order valence-electron chi connectivity index (χ3n) is 2.31. The predicted molar refractivity (Wildman–Crippen MR) is 67.2 cm³/mol. The van der Waals surface area contributed by atoms with Crippen molar-refractivity contribution in [2.24, 2.45) is 0 Å². The van der Waals surface area contributed by atoms with E-state index in [0.29, 0.717) is 0 Å². The van der Waals surface area contributed by atoms with Crippen molar-refractivity contribution >= 4 is 39.0 Å². The van der Waals surface area contributed by atoms with Gasteiger partial charge in [-0.25, -0.2) is 0 Å². The predicted octanol–water partition coefficient (Wildman–Crippen LogP) is 3.92. The van der Waals surface area contributed by atoms with Crippen molar-refractivity contribution in [1.82, 2.24) is 0 Å². The molecule has 0 atom stereocenters. The smallest absolute Gasteiger partial charge is 0.0476 e. The summed E-state index contributed by atoms with van der Waals surface area (Å²) < 4.78 is 6.61. The van der Waals surface area contributed by atoms with Gasteiger partial charge < -0.3 is 4.74 Å². The molecule has 1 fully saturated rings. The summed E-state index contributed by atoms with van der Waals surface area (Å²) in [6.07, 6.45) is 2.43. The van der Waals surface area contributed by atoms with E-state index in [-0.39, 0.29) is 0 Å². The van der Waals surface area contributed by atoms with Gasteiger partial charge >= 0.3 is 0 Å². The van der Waals surface area contributed by atoms with Gasteiger partial charge in [0.1, 0.15) is 0 Å². The van der Waals surface area contributed by atoms with Gasteiger partial charge in [0.25, 0.3) is 0 Å². The molecule has 0 spiro atoms. The van der Waals surface area contributed by atoms with Crippen LogP contribution in [0.25, 0.3) is 0 Å². The van der Waals surface area contributed by atoms with Gasteiger partial charge in [0, 0.05) is 33.6 Å². The van der Waals surface area contributed by atoms with Crippen LogP contribution in [0.1, 0.15) is 17.7 Å². The van der Waals surface area contributed by atoms with Crippen molar-refractivity contribution in [3.8, 4) is 0 Å². The molecule has 2 rings (SSSR count). The zero-order valence-corrected chi connectivity index (χ0v) is 11.1. The Bertz CT molecular complexity index is 281. The number of hydrogen-bond donors (Lipinski definition) is 0. The van der Waals surface area contributed by atoms with Gasteiger partial charge in [-0.05, 0) is 40.2 Å². The Hall–Kier alpha value is 0.490. The molecular formula is C10H13BrOS2. The molecule has 0 amide bonds. The minimum atomic E-state index is 0.803. The molecule has 0 unspecified atom stereocenters. The maximum absolute atomic E-state index is 5.34. The van der Waals surface area contributed by atoms with E-state index in [1.54, 1.807) is 0 Å². The van der Waals surface area contributed by atoms with Crippen molar-refractivity contribution in [2.45, 2.75) is 23.8 Å². The molecule has 1 aliphatic rings. The van der Waals surface area contributed by atoms with E-state index in [2.05, 4.69) is 39.1 Å². The van der Waals surface area contributed by atoms with Gasteiger partial charge in [-0.2, -0.15) is 11.8 Å². The van der Waals surface area contributed by atoms with E-state index in [4.69, 9.17) is 4.74 Å². The molecular weight excluding hydrogens is 280 g/mol. The molecule has 2 heterocycles. The van der Waals surface area contributed by atoms with E-state index in [1.807, 2.05) is 11.3 Å². The van der Waals surface area contributed by atoms with Crippen LogP contribution in [0.5, 0.6) is 0 Å². The third-order valence-corrected chi connectivity index (χ3v) is 5.82. The lowest BCUT2D eigenvalue weighted by Crippen LogP contribution is -2.17. The van der Waals surface area contributed by atoms with E-state index in [9.17, 15) is 0 Å². The van der Waals surface area contributed by atoms with Gasteiger partial charge in [-0.1, -0.05) is 0 Å². The Labute approximate surface area is 101 Å². The topological polar surface area (TPSA) is 9.23 Å². The number of thioether (sulfide) groups is 1. The van der Waals surface area contributed by atoms with E-state index < -0.39 is 0 Å². The Morgan fingerprint density at radius 1 is 1.50 bits per heavy atom. The first-order valence-corrected chi connectivity index (χ1v) is 7.49. The summed E-state index contributed by atoms with van der Waals surface area (Å²) in [5.74, 6) is 1.14. The molecule has 0 bridgehead atoms. The zero-order chi connectivity index (χ0) is 9.80. The minimum Gasteiger partial charge on any atom is -0.381 e. The van der Waals surface area contributed by atoms with Crippen molar-refractivity contribution in [3.05, 3.63) is 20.8 Å². The molecule has 1 nitrogen and oxygen atoms in total. The highest BCUT2D eigenvalue weighted by atomic mass is 79.9. The Balaban J connectivity index is 1.79. The van der Waals surface area contributed by atoms with Gasteiger partial charge in [-0.15, -0.1) is 11.3 Å². The second kappa shape index (κ2) is 5.54. The quantitative estimate of drug-likeness (QED) is 0.835. The van der Waals surface area contributed by atoms with Gasteiger partial charge in [0.2, 0.25) is 0 Å². The molecule has 0 aliphatic carbocycles. The number of hydrogen-bond acceptors (Lipinski definition) is 3. The summed E-state index contributed by atoms with van der Waals surface area (Å²) in [6, 6.07) is 2.13. The molecule has 0 saturated carbocycles. The van der Waals surface area contributed by atoms with Gasteiger partial charge in [-0.3, -0.25) is 0 Å². The first kappa shape index (κ1) is 11.0. The first-order valence-electron chi connectivity index (χ1n) is 4.77. The summed E-state index contributed by atoms with van der Waals surface area (Å²) in [5, 5.41) is 2.95. The highest BCUT2D eigenvalue weighted by Crippen LogP contribution is 2.31. The highest BCUT2D eigenvalue weighted by molar-refractivity contribution is 9.10. The lowest BCUT2D eigenvalue weighted by molar-refractivity contribution is 0.1000. The number of rotatable bonds is 3. The fraction of sp³-hybridized carbons (Fsp3) is 0.600. The number of thiophene rings is 1. The van der Waals surface area contributed by atoms with Crippen LogP contribution in [0.4, 0.5) is 0 Å². The average molecular weight is 293 g/mol. The largest absolute Gasteiger partial charge is 0.381 e. The Morgan fingerprint density at radius 3 is 2.93 bits per heavy atom. The van der Waals surface area contributed by atoms with Crippen molar-refractivity contribution in [1.29, 1.82) is 0 Å². The highest BCUT2D eigenvalue weighted by Gasteiger charge is 2.14. The molecule has 1 aromatic heterocycles. The lowest BCUT2D eigenvalue weighted by atomic mass is 10.2. The van der Waals surface area contributed by atoms with E-state index in [0.717, 1.165) is 24.2 Å². The second-order valence-electron chi connectivity index (χ2n) is 3.31. The Morgan fingerprint density at radius 2 is 2.29 bits per heavy atom. The molecule has 0 aromatic carbocycles. The average Bonchev–Trinajstić information content (AvgIpc) is 2.63. The summed E-state index contributed by atoms with van der Waals surface area (Å²) in [4.78, 5) is 1.46. The van der Waals surface area contributed by atoms with Crippen LogP contribution < -0.4 is 0 Å².